The van der Waals surface area contributed by atoms with E-state index >= 15 is 0 Å². The number of hydrogen-bond acceptors (Lipinski definition) is 4. The van der Waals surface area contributed by atoms with Crippen molar-refractivity contribution in [3.8, 4) is 0 Å². The highest BCUT2D eigenvalue weighted by molar-refractivity contribution is 6.05. The summed E-state index contributed by atoms with van der Waals surface area (Å²) >= 11 is 0. The Morgan fingerprint density at radius 1 is 0.967 bits per heavy atom. The Kier molecular flexibility index (Phi) is 6.31. The van der Waals surface area contributed by atoms with Gasteiger partial charge in [-0.2, -0.15) is 0 Å². The van der Waals surface area contributed by atoms with Crippen LogP contribution in [0.15, 0.2) is 42.6 Å². The minimum absolute atomic E-state index is 0.126. The molecular formula is C24H30N4O2. The molecule has 1 saturated heterocycles. The van der Waals surface area contributed by atoms with Gasteiger partial charge in [0.15, 0.2) is 0 Å². The van der Waals surface area contributed by atoms with E-state index in [9.17, 15) is 9.59 Å². The van der Waals surface area contributed by atoms with Crippen molar-refractivity contribution in [3.05, 3.63) is 53.7 Å². The number of rotatable bonds is 4. The summed E-state index contributed by atoms with van der Waals surface area (Å²) < 4.78 is 0. The van der Waals surface area contributed by atoms with Crippen molar-refractivity contribution in [1.82, 2.24) is 9.88 Å². The second-order valence-electron chi connectivity index (χ2n) is 8.32. The number of amides is 2. The Morgan fingerprint density at radius 2 is 1.77 bits per heavy atom. The summed E-state index contributed by atoms with van der Waals surface area (Å²) in [7, 11) is 0. The fourth-order valence-corrected chi connectivity index (χ4v) is 4.47. The van der Waals surface area contributed by atoms with Gasteiger partial charge < -0.3 is 15.1 Å². The summed E-state index contributed by atoms with van der Waals surface area (Å²) in [6.45, 7) is 5.19. The van der Waals surface area contributed by atoms with E-state index < -0.39 is 0 Å². The molecule has 1 saturated carbocycles. The lowest BCUT2D eigenvalue weighted by Gasteiger charge is -2.25. The fourth-order valence-electron chi connectivity index (χ4n) is 4.47. The predicted octanol–water partition coefficient (Wildman–Crippen LogP) is 3.87. The van der Waals surface area contributed by atoms with Crippen molar-refractivity contribution >= 4 is 23.3 Å². The molecule has 1 aromatic carbocycles. The molecule has 2 fully saturated rings. The third kappa shape index (κ3) is 4.64. The van der Waals surface area contributed by atoms with Gasteiger partial charge in [-0.3, -0.25) is 9.59 Å². The Balaban J connectivity index is 1.35. The number of aryl methyl sites for hydroxylation is 1. The van der Waals surface area contributed by atoms with Crippen LogP contribution in [0.3, 0.4) is 0 Å². The maximum Gasteiger partial charge on any atom is 0.255 e. The first kappa shape index (κ1) is 20.4. The van der Waals surface area contributed by atoms with Gasteiger partial charge in [0.2, 0.25) is 5.91 Å². The minimum Gasteiger partial charge on any atom is -0.355 e. The van der Waals surface area contributed by atoms with Gasteiger partial charge in [-0.25, -0.2) is 4.98 Å². The zero-order valence-corrected chi connectivity index (χ0v) is 17.6. The van der Waals surface area contributed by atoms with E-state index in [0.717, 1.165) is 56.8 Å². The van der Waals surface area contributed by atoms with Gasteiger partial charge in [0.25, 0.3) is 5.91 Å². The number of benzene rings is 1. The van der Waals surface area contributed by atoms with Gasteiger partial charge in [0, 0.05) is 37.7 Å². The van der Waals surface area contributed by atoms with Crippen LogP contribution in [0.1, 0.15) is 48.0 Å². The summed E-state index contributed by atoms with van der Waals surface area (Å²) in [5.74, 6) is 1.35. The molecule has 1 N–H and O–H groups in total. The van der Waals surface area contributed by atoms with E-state index in [2.05, 4.69) is 15.2 Å². The van der Waals surface area contributed by atoms with Crippen molar-refractivity contribution in [3.63, 3.8) is 0 Å². The van der Waals surface area contributed by atoms with Gasteiger partial charge in [-0.15, -0.1) is 0 Å². The molecule has 6 nitrogen and oxygen atoms in total. The van der Waals surface area contributed by atoms with Crippen molar-refractivity contribution in [2.24, 2.45) is 5.92 Å². The molecule has 6 heteroatoms. The molecule has 0 atom stereocenters. The van der Waals surface area contributed by atoms with Gasteiger partial charge >= 0.3 is 0 Å². The third-order valence-corrected chi connectivity index (χ3v) is 6.23. The van der Waals surface area contributed by atoms with Gasteiger partial charge in [-0.05, 0) is 49.9 Å². The zero-order valence-electron chi connectivity index (χ0n) is 17.6. The van der Waals surface area contributed by atoms with Crippen LogP contribution in [0.5, 0.6) is 0 Å². The topological polar surface area (TPSA) is 65.5 Å². The Hall–Kier alpha value is -2.89. The first-order valence-electron chi connectivity index (χ1n) is 11.0. The summed E-state index contributed by atoms with van der Waals surface area (Å²) in [4.78, 5) is 34.1. The standard InChI is InChI=1S/C24H30N4O2/c1-18-7-2-5-10-21(18)23(29)26-20-11-12-22(25-17-20)27-13-6-14-28(16-15-27)24(30)19-8-3-4-9-19/h2,5,7,10-12,17,19H,3-4,6,8-9,13-16H2,1H3,(H,26,29). The molecule has 2 amide bonds. The first-order chi connectivity index (χ1) is 14.6. The summed E-state index contributed by atoms with van der Waals surface area (Å²) in [5.41, 5.74) is 2.29. The van der Waals surface area contributed by atoms with E-state index in [0.29, 0.717) is 17.2 Å². The van der Waals surface area contributed by atoms with Crippen LogP contribution in [-0.2, 0) is 4.79 Å². The second-order valence-corrected chi connectivity index (χ2v) is 8.32. The van der Waals surface area contributed by atoms with E-state index in [1.54, 1.807) is 6.20 Å². The molecular weight excluding hydrogens is 376 g/mol. The van der Waals surface area contributed by atoms with Crippen LogP contribution in [0, 0.1) is 12.8 Å². The molecule has 1 aliphatic carbocycles. The lowest BCUT2D eigenvalue weighted by atomic mass is 10.1. The van der Waals surface area contributed by atoms with Crippen LogP contribution in [0.4, 0.5) is 11.5 Å². The van der Waals surface area contributed by atoms with Crippen molar-refractivity contribution in [1.29, 1.82) is 0 Å². The van der Waals surface area contributed by atoms with Gasteiger partial charge in [0.1, 0.15) is 5.82 Å². The Bertz CT molecular complexity index is 890. The van der Waals surface area contributed by atoms with Crippen molar-refractivity contribution in [2.45, 2.75) is 39.0 Å². The third-order valence-electron chi connectivity index (χ3n) is 6.23. The van der Waals surface area contributed by atoms with E-state index in [-0.39, 0.29) is 11.8 Å². The summed E-state index contributed by atoms with van der Waals surface area (Å²) in [6, 6.07) is 11.4. The zero-order chi connectivity index (χ0) is 20.9. The second kappa shape index (κ2) is 9.28. The molecule has 2 aromatic rings. The van der Waals surface area contributed by atoms with E-state index in [4.69, 9.17) is 0 Å². The molecule has 158 valence electrons. The molecule has 0 radical (unpaired) electrons. The SMILES string of the molecule is Cc1ccccc1C(=O)Nc1ccc(N2CCCN(C(=O)C3CCCC3)CC2)nc1. The number of anilines is 2. The van der Waals surface area contributed by atoms with E-state index in [1.165, 1.54) is 12.8 Å². The molecule has 1 aliphatic heterocycles. The molecule has 2 aliphatic rings. The van der Waals surface area contributed by atoms with Crippen molar-refractivity contribution < 1.29 is 9.59 Å². The molecule has 1 aromatic heterocycles. The summed E-state index contributed by atoms with van der Waals surface area (Å²) in [5, 5.41) is 2.92. The number of carbonyl (C=O) groups is 2. The van der Waals surface area contributed by atoms with Crippen LogP contribution < -0.4 is 10.2 Å². The monoisotopic (exact) mass is 406 g/mol. The van der Waals surface area contributed by atoms with Crippen LogP contribution in [0.2, 0.25) is 0 Å². The fraction of sp³-hybridized carbons (Fsp3) is 0.458. The van der Waals surface area contributed by atoms with Crippen molar-refractivity contribution in [2.75, 3.05) is 36.4 Å². The molecule has 0 bridgehead atoms. The van der Waals surface area contributed by atoms with E-state index in [1.807, 2.05) is 48.2 Å². The molecule has 0 spiro atoms. The number of aromatic nitrogens is 1. The average molecular weight is 407 g/mol. The molecule has 0 unspecified atom stereocenters. The number of pyridine rings is 1. The Morgan fingerprint density at radius 3 is 2.50 bits per heavy atom. The average Bonchev–Trinajstić information content (AvgIpc) is 3.19. The highest BCUT2D eigenvalue weighted by Crippen LogP contribution is 2.27. The Labute approximate surface area is 178 Å². The van der Waals surface area contributed by atoms with Crippen LogP contribution >= 0.6 is 0 Å². The maximum atomic E-state index is 12.7. The summed E-state index contributed by atoms with van der Waals surface area (Å²) in [6.07, 6.45) is 7.14. The number of carbonyl (C=O) groups excluding carboxylic acids is 2. The quantitative estimate of drug-likeness (QED) is 0.837. The largest absolute Gasteiger partial charge is 0.355 e. The number of nitrogens with one attached hydrogen (secondary N) is 1. The van der Waals surface area contributed by atoms with Gasteiger partial charge in [0.05, 0.1) is 11.9 Å². The minimum atomic E-state index is -0.126. The highest BCUT2D eigenvalue weighted by atomic mass is 16.2. The predicted molar refractivity (Wildman–Crippen MR) is 119 cm³/mol. The van der Waals surface area contributed by atoms with Crippen LogP contribution in [-0.4, -0.2) is 47.9 Å². The van der Waals surface area contributed by atoms with Gasteiger partial charge in [-0.1, -0.05) is 31.0 Å². The molecule has 30 heavy (non-hydrogen) atoms. The molecule has 4 rings (SSSR count). The maximum absolute atomic E-state index is 12.7. The first-order valence-corrected chi connectivity index (χ1v) is 11.0. The smallest absolute Gasteiger partial charge is 0.255 e. The normalized spacial score (nSPS) is 17.6. The lowest BCUT2D eigenvalue weighted by Crippen LogP contribution is -2.38. The number of hydrogen-bond donors (Lipinski definition) is 1. The highest BCUT2D eigenvalue weighted by Gasteiger charge is 2.28. The number of nitrogens with zero attached hydrogens (tertiary/aromatic N) is 3. The lowest BCUT2D eigenvalue weighted by molar-refractivity contribution is -0.135. The molecule has 2 heterocycles. The van der Waals surface area contributed by atoms with Crippen LogP contribution in [0.25, 0.3) is 0 Å².